The lowest BCUT2D eigenvalue weighted by atomic mass is 10.0. The zero-order chi connectivity index (χ0) is 13.4. The van der Waals surface area contributed by atoms with Crippen molar-refractivity contribution in [2.45, 2.75) is 32.2 Å². The molecule has 4 rings (SSSR count). The molecular formula is C16H20N4. The molecule has 0 radical (unpaired) electrons. The summed E-state index contributed by atoms with van der Waals surface area (Å²) in [6, 6.07) is 10.0. The summed E-state index contributed by atoms with van der Waals surface area (Å²) in [5.74, 6) is 1.01. The fraction of sp³-hybridized carbons (Fsp3) is 0.500. The molecule has 0 bridgehead atoms. The zero-order valence-corrected chi connectivity index (χ0v) is 11.6. The van der Waals surface area contributed by atoms with Gasteiger partial charge in [0.15, 0.2) is 0 Å². The van der Waals surface area contributed by atoms with Crippen molar-refractivity contribution in [3.8, 4) is 5.69 Å². The first-order chi connectivity index (χ1) is 9.86. The molecule has 2 aromatic rings. The van der Waals surface area contributed by atoms with Crippen molar-refractivity contribution in [2.75, 3.05) is 6.54 Å². The average Bonchev–Trinajstić information content (AvgIpc) is 3.39. The van der Waals surface area contributed by atoms with Gasteiger partial charge < -0.3 is 5.32 Å². The van der Waals surface area contributed by atoms with Gasteiger partial charge in [-0.2, -0.15) is 15.0 Å². The Labute approximate surface area is 119 Å². The molecule has 0 aliphatic heterocycles. The quantitative estimate of drug-likeness (QED) is 0.875. The highest BCUT2D eigenvalue weighted by molar-refractivity contribution is 5.28. The molecule has 1 aromatic heterocycles. The maximum absolute atomic E-state index is 4.52. The first-order valence-corrected chi connectivity index (χ1v) is 7.53. The lowest BCUT2D eigenvalue weighted by molar-refractivity contribution is 0.402. The molecule has 2 saturated carbocycles. The highest BCUT2D eigenvalue weighted by atomic mass is 15.5. The second-order valence-electron chi connectivity index (χ2n) is 6.20. The molecule has 0 atom stereocenters. The molecule has 4 heteroatoms. The normalized spacial score (nSPS) is 20.0. The van der Waals surface area contributed by atoms with E-state index in [1.54, 1.807) is 4.80 Å². The smallest absolute Gasteiger partial charge is 0.0969 e. The number of nitrogens with zero attached hydrogens (tertiary/aromatic N) is 3. The van der Waals surface area contributed by atoms with Crippen LogP contribution in [0.1, 0.15) is 31.4 Å². The summed E-state index contributed by atoms with van der Waals surface area (Å²) in [5, 5.41) is 12.4. The van der Waals surface area contributed by atoms with Gasteiger partial charge in [0.25, 0.3) is 0 Å². The zero-order valence-electron chi connectivity index (χ0n) is 11.6. The van der Waals surface area contributed by atoms with E-state index in [1.165, 1.54) is 25.7 Å². The van der Waals surface area contributed by atoms with Gasteiger partial charge in [-0.15, -0.1) is 0 Å². The molecule has 0 amide bonds. The third kappa shape index (κ3) is 2.36. The number of para-hydroxylation sites is 1. The maximum Gasteiger partial charge on any atom is 0.0969 e. The van der Waals surface area contributed by atoms with E-state index >= 15 is 0 Å². The van der Waals surface area contributed by atoms with Gasteiger partial charge in [0.1, 0.15) is 0 Å². The van der Waals surface area contributed by atoms with Crippen molar-refractivity contribution in [1.82, 2.24) is 20.3 Å². The molecule has 1 aromatic carbocycles. The third-order valence-corrected chi connectivity index (χ3v) is 4.65. The van der Waals surface area contributed by atoms with Crippen LogP contribution in [0.5, 0.6) is 0 Å². The van der Waals surface area contributed by atoms with Crippen LogP contribution in [0.25, 0.3) is 5.69 Å². The molecule has 2 fully saturated rings. The molecule has 0 spiro atoms. The van der Waals surface area contributed by atoms with Crippen molar-refractivity contribution < 1.29 is 0 Å². The Morgan fingerprint density at radius 2 is 2.00 bits per heavy atom. The second kappa shape index (κ2) is 4.70. The van der Waals surface area contributed by atoms with E-state index in [1.807, 2.05) is 36.5 Å². The highest BCUT2D eigenvalue weighted by Crippen LogP contribution is 2.60. The van der Waals surface area contributed by atoms with Crippen LogP contribution in [0.4, 0.5) is 0 Å². The van der Waals surface area contributed by atoms with Gasteiger partial charge in [-0.3, -0.25) is 0 Å². The Balaban J connectivity index is 1.34. The minimum Gasteiger partial charge on any atom is -0.310 e. The van der Waals surface area contributed by atoms with Crippen LogP contribution in [-0.4, -0.2) is 21.5 Å². The Kier molecular flexibility index (Phi) is 2.84. The largest absolute Gasteiger partial charge is 0.310 e. The van der Waals surface area contributed by atoms with Gasteiger partial charge in [-0.05, 0) is 49.1 Å². The van der Waals surface area contributed by atoms with Gasteiger partial charge in [-0.1, -0.05) is 18.2 Å². The van der Waals surface area contributed by atoms with Gasteiger partial charge in [0, 0.05) is 13.1 Å². The van der Waals surface area contributed by atoms with Crippen LogP contribution in [0.2, 0.25) is 0 Å². The Morgan fingerprint density at radius 3 is 2.70 bits per heavy atom. The number of aromatic nitrogens is 3. The molecule has 4 nitrogen and oxygen atoms in total. The number of benzene rings is 1. The van der Waals surface area contributed by atoms with E-state index < -0.39 is 0 Å². The van der Waals surface area contributed by atoms with E-state index in [9.17, 15) is 0 Å². The van der Waals surface area contributed by atoms with Crippen molar-refractivity contribution in [1.29, 1.82) is 0 Å². The van der Waals surface area contributed by atoms with Gasteiger partial charge in [-0.25, -0.2) is 0 Å². The van der Waals surface area contributed by atoms with E-state index in [2.05, 4.69) is 15.5 Å². The summed E-state index contributed by atoms with van der Waals surface area (Å²) in [7, 11) is 0. The van der Waals surface area contributed by atoms with Crippen molar-refractivity contribution >= 4 is 0 Å². The molecular weight excluding hydrogens is 248 g/mol. The highest BCUT2D eigenvalue weighted by Gasteiger charge is 2.53. The van der Waals surface area contributed by atoms with Crippen LogP contribution < -0.4 is 5.32 Å². The summed E-state index contributed by atoms with van der Waals surface area (Å²) in [6.07, 6.45) is 7.59. The van der Waals surface area contributed by atoms with E-state index in [4.69, 9.17) is 0 Å². The summed E-state index contributed by atoms with van der Waals surface area (Å²) in [6.45, 7) is 1.97. The Hall–Kier alpha value is -1.68. The third-order valence-electron chi connectivity index (χ3n) is 4.65. The molecule has 20 heavy (non-hydrogen) atoms. The fourth-order valence-corrected chi connectivity index (χ4v) is 3.09. The number of nitrogens with one attached hydrogen (secondary N) is 1. The van der Waals surface area contributed by atoms with Gasteiger partial charge >= 0.3 is 0 Å². The minimum absolute atomic E-state index is 0.648. The van der Waals surface area contributed by atoms with E-state index in [0.717, 1.165) is 30.4 Å². The van der Waals surface area contributed by atoms with Gasteiger partial charge in [0.05, 0.1) is 17.6 Å². The predicted molar refractivity (Wildman–Crippen MR) is 77.5 cm³/mol. The van der Waals surface area contributed by atoms with Crippen molar-refractivity contribution in [2.24, 2.45) is 11.3 Å². The topological polar surface area (TPSA) is 42.7 Å². The Morgan fingerprint density at radius 1 is 1.20 bits per heavy atom. The number of hydrogen-bond acceptors (Lipinski definition) is 3. The maximum atomic E-state index is 4.52. The standard InChI is InChI=1S/C16H20N4/c1-2-4-15(5-3-1)20-18-11-14(19-20)10-17-12-16(8-9-16)13-6-7-13/h1-5,11,13,17H,6-10,12H2. The van der Waals surface area contributed by atoms with E-state index in [0.29, 0.717) is 5.41 Å². The summed E-state index contributed by atoms with van der Waals surface area (Å²) >= 11 is 0. The molecule has 2 aliphatic rings. The van der Waals surface area contributed by atoms with Crippen LogP contribution in [0.15, 0.2) is 36.5 Å². The SMILES string of the molecule is c1ccc(-n2ncc(CNCC3(C4CC4)CC3)n2)cc1. The first kappa shape index (κ1) is 12.1. The van der Waals surface area contributed by atoms with Crippen LogP contribution >= 0.6 is 0 Å². The second-order valence-corrected chi connectivity index (χ2v) is 6.20. The molecule has 1 heterocycles. The lowest BCUT2D eigenvalue weighted by Gasteiger charge is -2.13. The number of rotatable bonds is 6. The average molecular weight is 268 g/mol. The first-order valence-electron chi connectivity index (χ1n) is 7.53. The van der Waals surface area contributed by atoms with Crippen molar-refractivity contribution in [3.63, 3.8) is 0 Å². The molecule has 0 unspecified atom stereocenters. The molecule has 0 saturated heterocycles. The summed E-state index contributed by atoms with van der Waals surface area (Å²) in [5.41, 5.74) is 2.67. The molecule has 104 valence electrons. The number of hydrogen-bond donors (Lipinski definition) is 1. The summed E-state index contributed by atoms with van der Waals surface area (Å²) < 4.78 is 0. The minimum atomic E-state index is 0.648. The summed E-state index contributed by atoms with van der Waals surface area (Å²) in [4.78, 5) is 1.70. The lowest BCUT2D eigenvalue weighted by Crippen LogP contribution is -2.25. The van der Waals surface area contributed by atoms with E-state index in [-0.39, 0.29) is 0 Å². The van der Waals surface area contributed by atoms with Crippen molar-refractivity contribution in [3.05, 3.63) is 42.2 Å². The fourth-order valence-electron chi connectivity index (χ4n) is 3.09. The van der Waals surface area contributed by atoms with Gasteiger partial charge in [0.2, 0.25) is 0 Å². The Bertz CT molecular complexity index is 582. The molecule has 1 N–H and O–H groups in total. The van der Waals surface area contributed by atoms with Crippen LogP contribution in [0.3, 0.4) is 0 Å². The van der Waals surface area contributed by atoms with Crippen LogP contribution in [-0.2, 0) is 6.54 Å². The molecule has 2 aliphatic carbocycles. The monoisotopic (exact) mass is 268 g/mol. The predicted octanol–water partition coefficient (Wildman–Crippen LogP) is 2.55. The van der Waals surface area contributed by atoms with Crippen LogP contribution in [0, 0.1) is 11.3 Å².